The molecule has 5 atom stereocenters. The summed E-state index contributed by atoms with van der Waals surface area (Å²) >= 11 is 0. The lowest BCUT2D eigenvalue weighted by Crippen LogP contribution is -2.58. The maximum absolute atomic E-state index is 13.1. The molecule has 3 rings (SSSR count). The Bertz CT molecular complexity index is 1280. The first-order valence-electron chi connectivity index (χ1n) is 15.0. The highest BCUT2D eigenvalue weighted by Crippen LogP contribution is 2.24. The van der Waals surface area contributed by atoms with Crippen LogP contribution in [0.2, 0.25) is 0 Å². The summed E-state index contributed by atoms with van der Waals surface area (Å²) in [6.07, 6.45) is 8.97. The van der Waals surface area contributed by atoms with Gasteiger partial charge < -0.3 is 15.4 Å². The third-order valence-corrected chi connectivity index (χ3v) is 7.61. The Kier molecular flexibility index (Phi) is 12.2. The molecule has 0 radical (unpaired) electrons. The summed E-state index contributed by atoms with van der Waals surface area (Å²) in [5, 5.41) is 9.96. The van der Waals surface area contributed by atoms with Gasteiger partial charge in [-0.2, -0.15) is 0 Å². The van der Waals surface area contributed by atoms with E-state index in [1.54, 1.807) is 6.08 Å². The number of ether oxygens (including phenoxy) is 1. The third-order valence-electron chi connectivity index (χ3n) is 7.61. The van der Waals surface area contributed by atoms with Gasteiger partial charge in [-0.1, -0.05) is 51.6 Å². The molecule has 9 nitrogen and oxygen atoms in total. The van der Waals surface area contributed by atoms with Crippen molar-refractivity contribution >= 4 is 34.6 Å². The molecule has 1 fully saturated rings. The fourth-order valence-electron chi connectivity index (χ4n) is 5.16. The molecule has 3 N–H and O–H groups in total. The molecule has 228 valence electrons. The third kappa shape index (κ3) is 8.97. The average molecular weight is 578 g/mol. The van der Waals surface area contributed by atoms with E-state index in [0.29, 0.717) is 19.4 Å². The van der Waals surface area contributed by atoms with Crippen LogP contribution in [0.1, 0.15) is 78.2 Å². The van der Waals surface area contributed by atoms with E-state index in [2.05, 4.69) is 27.6 Å². The number of carbonyl (C=O) groups is 3. The van der Waals surface area contributed by atoms with Crippen LogP contribution in [-0.2, 0) is 19.1 Å². The van der Waals surface area contributed by atoms with Gasteiger partial charge in [0.05, 0.1) is 11.6 Å². The number of pyridine rings is 1. The molecule has 1 aromatic heterocycles. The second-order valence-electron chi connectivity index (χ2n) is 11.4. The Morgan fingerprint density at radius 3 is 2.57 bits per heavy atom. The van der Waals surface area contributed by atoms with Crippen molar-refractivity contribution in [3.8, 4) is 0 Å². The zero-order valence-corrected chi connectivity index (χ0v) is 25.9. The predicted molar refractivity (Wildman–Crippen MR) is 167 cm³/mol. The Hall–Kier alpha value is -3.56. The van der Waals surface area contributed by atoms with Gasteiger partial charge in [0.15, 0.2) is 0 Å². The molecule has 0 saturated carbocycles. The number of allylic oxidation sites excluding steroid dienone is 1. The molecule has 1 aliphatic rings. The molecule has 0 spiro atoms. The normalized spacial score (nSPS) is 18.8. The first-order valence-corrected chi connectivity index (χ1v) is 15.0. The van der Waals surface area contributed by atoms with Gasteiger partial charge in [0.2, 0.25) is 11.8 Å². The van der Waals surface area contributed by atoms with E-state index < -0.39 is 18.2 Å². The largest absolute Gasteiger partial charge is 0.457 e. The number of fused-ring (bicyclic) bond motifs is 1. The molecular weight excluding hydrogens is 530 g/mol. The highest BCUT2D eigenvalue weighted by molar-refractivity contribution is 5.89. The number of nitrogens with one attached hydrogen (secondary N) is 3. The summed E-state index contributed by atoms with van der Waals surface area (Å²) < 4.78 is 5.86. The van der Waals surface area contributed by atoms with Crippen LogP contribution >= 0.6 is 0 Å². The van der Waals surface area contributed by atoms with Crippen molar-refractivity contribution in [3.63, 3.8) is 0 Å². The second-order valence-corrected chi connectivity index (χ2v) is 11.4. The monoisotopic (exact) mass is 577 g/mol. The van der Waals surface area contributed by atoms with Crippen LogP contribution in [0.4, 0.5) is 0 Å². The minimum absolute atomic E-state index is 0.0678. The van der Waals surface area contributed by atoms with E-state index in [9.17, 15) is 14.4 Å². The van der Waals surface area contributed by atoms with Crippen molar-refractivity contribution in [3.05, 3.63) is 60.5 Å². The van der Waals surface area contributed by atoms with Crippen LogP contribution in [0.3, 0.4) is 0 Å². The standard InChI is InChI=1S/C33H47N5O4/c1-8-12-24(9-2)31(39)36-30(21(4)5)32(40)35-22(6)20-38-16-11-13-29(37-38)33(41)42-23(7)25-14-15-26-19-34-28(10-3)18-27(26)17-25/h8,10,12,14-15,17-19,21-24,29-30,37H,3,9,11,13,16,20H2,1-2,4-7H3,(H,35,40)(H,36,39). The van der Waals surface area contributed by atoms with Crippen molar-refractivity contribution in [2.24, 2.45) is 11.8 Å². The highest BCUT2D eigenvalue weighted by Gasteiger charge is 2.30. The Morgan fingerprint density at radius 2 is 1.90 bits per heavy atom. The molecular formula is C33H47N5O4. The zero-order valence-electron chi connectivity index (χ0n) is 25.9. The lowest BCUT2D eigenvalue weighted by molar-refractivity contribution is -0.154. The first kappa shape index (κ1) is 32.9. The Balaban J connectivity index is 1.54. The van der Waals surface area contributed by atoms with Crippen molar-refractivity contribution in [2.45, 2.75) is 85.0 Å². The molecule has 0 aliphatic carbocycles. The first-order chi connectivity index (χ1) is 20.1. The van der Waals surface area contributed by atoms with Crippen LogP contribution in [-0.4, -0.2) is 59.0 Å². The van der Waals surface area contributed by atoms with Gasteiger partial charge in [-0.15, -0.1) is 0 Å². The average Bonchev–Trinajstić information content (AvgIpc) is 2.97. The van der Waals surface area contributed by atoms with E-state index in [0.717, 1.165) is 35.0 Å². The molecule has 42 heavy (non-hydrogen) atoms. The highest BCUT2D eigenvalue weighted by atomic mass is 16.5. The van der Waals surface area contributed by atoms with Gasteiger partial charge in [-0.05, 0) is 75.1 Å². The summed E-state index contributed by atoms with van der Waals surface area (Å²) in [5.74, 6) is -0.995. The molecule has 5 unspecified atom stereocenters. The zero-order chi connectivity index (χ0) is 30.8. The van der Waals surface area contributed by atoms with Gasteiger partial charge in [0, 0.05) is 30.7 Å². The molecule has 2 amide bonds. The predicted octanol–water partition coefficient (Wildman–Crippen LogP) is 4.70. The molecule has 2 aromatic rings. The van der Waals surface area contributed by atoms with Gasteiger partial charge >= 0.3 is 5.97 Å². The molecule has 2 heterocycles. The molecule has 9 heteroatoms. The fraction of sp³-hybridized carbons (Fsp3) is 0.515. The van der Waals surface area contributed by atoms with E-state index in [4.69, 9.17) is 4.74 Å². The molecule has 1 aliphatic heterocycles. The molecule has 0 bridgehead atoms. The van der Waals surface area contributed by atoms with E-state index in [1.165, 1.54) is 0 Å². The van der Waals surface area contributed by atoms with Crippen LogP contribution in [0, 0.1) is 11.8 Å². The lowest BCUT2D eigenvalue weighted by Gasteiger charge is -2.35. The van der Waals surface area contributed by atoms with Gasteiger partial charge in [0.1, 0.15) is 18.2 Å². The SMILES string of the molecule is C=Cc1cc2cc(C(C)OC(=O)C3CCCN(CC(C)NC(=O)C(NC(=O)C(C=CC)CC)C(C)C)N3)ccc2cn1. The Labute approximate surface area is 250 Å². The Morgan fingerprint density at radius 1 is 1.14 bits per heavy atom. The number of nitrogens with zero attached hydrogens (tertiary/aromatic N) is 2. The minimum atomic E-state index is -0.632. The van der Waals surface area contributed by atoms with Crippen LogP contribution in [0.25, 0.3) is 16.8 Å². The number of hydrogen-bond acceptors (Lipinski definition) is 7. The van der Waals surface area contributed by atoms with Crippen molar-refractivity contribution in [1.82, 2.24) is 26.1 Å². The van der Waals surface area contributed by atoms with Crippen molar-refractivity contribution < 1.29 is 19.1 Å². The summed E-state index contributed by atoms with van der Waals surface area (Å²) in [4.78, 5) is 43.3. The summed E-state index contributed by atoms with van der Waals surface area (Å²) in [6.45, 7) is 16.5. The second kappa shape index (κ2) is 15.6. The topological polar surface area (TPSA) is 113 Å². The van der Waals surface area contributed by atoms with Gasteiger partial charge in [-0.25, -0.2) is 10.4 Å². The van der Waals surface area contributed by atoms with E-state index in [1.807, 2.05) is 89.2 Å². The molecule has 1 saturated heterocycles. The number of rotatable bonds is 13. The van der Waals surface area contributed by atoms with Crippen LogP contribution in [0.5, 0.6) is 0 Å². The van der Waals surface area contributed by atoms with Gasteiger partial charge in [0.25, 0.3) is 0 Å². The number of carbonyl (C=O) groups excluding carboxylic acids is 3. The number of benzene rings is 1. The number of hydrogen-bond donors (Lipinski definition) is 3. The smallest absolute Gasteiger partial charge is 0.325 e. The van der Waals surface area contributed by atoms with Crippen LogP contribution < -0.4 is 16.1 Å². The van der Waals surface area contributed by atoms with Crippen molar-refractivity contribution in [1.29, 1.82) is 0 Å². The van der Waals surface area contributed by atoms with Gasteiger partial charge in [-0.3, -0.25) is 19.4 Å². The van der Waals surface area contributed by atoms with Crippen LogP contribution in [0.15, 0.2) is 49.2 Å². The minimum Gasteiger partial charge on any atom is -0.457 e. The van der Waals surface area contributed by atoms with E-state index >= 15 is 0 Å². The van der Waals surface area contributed by atoms with E-state index in [-0.39, 0.29) is 35.7 Å². The number of hydrazine groups is 1. The maximum atomic E-state index is 13.1. The molecule has 1 aromatic carbocycles. The number of esters is 1. The summed E-state index contributed by atoms with van der Waals surface area (Å²) in [7, 11) is 0. The fourth-order valence-corrected chi connectivity index (χ4v) is 5.16. The number of aromatic nitrogens is 1. The lowest BCUT2D eigenvalue weighted by atomic mass is 10.00. The maximum Gasteiger partial charge on any atom is 0.325 e. The number of amides is 2. The summed E-state index contributed by atoms with van der Waals surface area (Å²) in [6, 6.07) is 6.60. The summed E-state index contributed by atoms with van der Waals surface area (Å²) in [5.41, 5.74) is 4.99. The van der Waals surface area contributed by atoms with Crippen molar-refractivity contribution in [2.75, 3.05) is 13.1 Å². The quantitative estimate of drug-likeness (QED) is 0.234.